The Kier molecular flexibility index (Phi) is 4.85. The minimum Gasteiger partial charge on any atom is -0.487 e. The molecule has 1 aromatic heterocycles. The van der Waals surface area contributed by atoms with Gasteiger partial charge in [-0.15, -0.1) is 0 Å². The molecule has 0 atom stereocenters. The molecule has 0 radical (unpaired) electrons. The number of hydrogen-bond donors (Lipinski definition) is 2. The van der Waals surface area contributed by atoms with Gasteiger partial charge in [0, 0.05) is 22.7 Å². The van der Waals surface area contributed by atoms with Gasteiger partial charge < -0.3 is 16.2 Å². The average molecular weight is 372 g/mol. The zero-order valence-corrected chi connectivity index (χ0v) is 14.2. The molecule has 9 heteroatoms. The van der Waals surface area contributed by atoms with Crippen molar-refractivity contribution in [2.24, 2.45) is 0 Å². The van der Waals surface area contributed by atoms with Crippen molar-refractivity contribution in [2.45, 2.75) is 6.61 Å². The third kappa shape index (κ3) is 3.81. The number of nitro benzene ring substituents is 1. The van der Waals surface area contributed by atoms with Crippen molar-refractivity contribution >= 4 is 29.1 Å². The molecule has 0 bridgehead atoms. The van der Waals surface area contributed by atoms with E-state index in [0.29, 0.717) is 22.0 Å². The van der Waals surface area contributed by atoms with Crippen LogP contribution in [0.1, 0.15) is 5.69 Å². The van der Waals surface area contributed by atoms with Crippen LogP contribution in [0.15, 0.2) is 48.5 Å². The van der Waals surface area contributed by atoms with Crippen LogP contribution in [0.5, 0.6) is 5.75 Å². The van der Waals surface area contributed by atoms with E-state index in [1.165, 1.54) is 24.3 Å². The zero-order chi connectivity index (χ0) is 18.7. The molecule has 3 aromatic rings. The van der Waals surface area contributed by atoms with Gasteiger partial charge >= 0.3 is 0 Å². The van der Waals surface area contributed by atoms with Gasteiger partial charge in [-0.3, -0.25) is 10.1 Å². The first-order chi connectivity index (χ1) is 12.4. The van der Waals surface area contributed by atoms with E-state index in [2.05, 4.69) is 9.97 Å². The Morgan fingerprint density at radius 3 is 2.50 bits per heavy atom. The number of ether oxygens (including phenoxy) is 1. The van der Waals surface area contributed by atoms with Gasteiger partial charge in [-0.05, 0) is 29.8 Å². The molecule has 0 unspecified atom stereocenters. The lowest BCUT2D eigenvalue weighted by Crippen LogP contribution is -2.09. The number of nitrogens with zero attached hydrogens (tertiary/aromatic N) is 3. The molecule has 0 saturated carbocycles. The quantitative estimate of drug-likeness (QED) is 0.518. The van der Waals surface area contributed by atoms with Crippen LogP contribution in [0.2, 0.25) is 5.02 Å². The van der Waals surface area contributed by atoms with E-state index >= 15 is 0 Å². The molecule has 3 rings (SSSR count). The Hall–Kier alpha value is -3.39. The van der Waals surface area contributed by atoms with E-state index in [4.69, 9.17) is 27.8 Å². The summed E-state index contributed by atoms with van der Waals surface area (Å²) in [6.07, 6.45) is 0. The molecule has 2 aromatic carbocycles. The Bertz CT molecular complexity index is 963. The van der Waals surface area contributed by atoms with Crippen molar-refractivity contribution in [3.63, 3.8) is 0 Å². The van der Waals surface area contributed by atoms with Crippen molar-refractivity contribution in [1.82, 2.24) is 9.97 Å². The number of halogens is 1. The second kappa shape index (κ2) is 7.24. The lowest BCUT2D eigenvalue weighted by atomic mass is 10.0. The number of aromatic nitrogens is 2. The summed E-state index contributed by atoms with van der Waals surface area (Å²) in [6, 6.07) is 12.8. The van der Waals surface area contributed by atoms with E-state index < -0.39 is 4.92 Å². The highest BCUT2D eigenvalue weighted by Gasteiger charge is 2.15. The molecule has 8 nitrogen and oxygen atoms in total. The number of rotatable bonds is 5. The van der Waals surface area contributed by atoms with Gasteiger partial charge in [0.25, 0.3) is 5.69 Å². The van der Waals surface area contributed by atoms with Crippen molar-refractivity contribution in [3.8, 4) is 16.9 Å². The number of hydrogen-bond acceptors (Lipinski definition) is 7. The predicted octanol–water partition coefficient (Wildman–Crippen LogP) is 3.45. The summed E-state index contributed by atoms with van der Waals surface area (Å²) in [4.78, 5) is 18.4. The van der Waals surface area contributed by atoms with Crippen LogP contribution in [0.3, 0.4) is 0 Å². The lowest BCUT2D eigenvalue weighted by Gasteiger charge is -2.13. The summed E-state index contributed by atoms with van der Waals surface area (Å²) in [7, 11) is 0. The highest BCUT2D eigenvalue weighted by Crippen LogP contribution is 2.31. The molecule has 1 heterocycles. The smallest absolute Gasteiger partial charge is 0.269 e. The Labute approximate surface area is 153 Å². The number of nitro groups is 1. The summed E-state index contributed by atoms with van der Waals surface area (Å²) in [5, 5.41) is 11.2. The predicted molar refractivity (Wildman–Crippen MR) is 98.7 cm³/mol. The molecule has 0 saturated heterocycles. The first-order valence-corrected chi connectivity index (χ1v) is 7.87. The molecule has 0 aliphatic rings. The summed E-state index contributed by atoms with van der Waals surface area (Å²) in [6.45, 7) is 0.0522. The average Bonchev–Trinajstić information content (AvgIpc) is 2.59. The van der Waals surface area contributed by atoms with E-state index in [0.717, 1.165) is 5.56 Å². The monoisotopic (exact) mass is 371 g/mol. The molecular formula is C17H14ClN5O3. The lowest BCUT2D eigenvalue weighted by molar-refractivity contribution is -0.384. The first-order valence-electron chi connectivity index (χ1n) is 7.49. The number of nitrogens with two attached hydrogens (primary N) is 2. The fourth-order valence-electron chi connectivity index (χ4n) is 2.43. The molecule has 0 fully saturated rings. The van der Waals surface area contributed by atoms with Crippen molar-refractivity contribution in [3.05, 3.63) is 69.4 Å². The van der Waals surface area contributed by atoms with Crippen LogP contribution in [-0.4, -0.2) is 14.9 Å². The SMILES string of the molecule is Nc1nc(N)c(-c2cccc(Cl)c2)c(COc2ccc([N+](=O)[O-])cc2)n1. The maximum Gasteiger partial charge on any atom is 0.269 e. The normalized spacial score (nSPS) is 10.5. The largest absolute Gasteiger partial charge is 0.487 e. The van der Waals surface area contributed by atoms with Gasteiger partial charge in [0.05, 0.1) is 10.6 Å². The van der Waals surface area contributed by atoms with Gasteiger partial charge in [0.15, 0.2) is 0 Å². The maximum atomic E-state index is 10.7. The van der Waals surface area contributed by atoms with Crippen LogP contribution < -0.4 is 16.2 Å². The second-order valence-electron chi connectivity index (χ2n) is 5.34. The highest BCUT2D eigenvalue weighted by atomic mass is 35.5. The molecule has 0 spiro atoms. The number of anilines is 2. The Morgan fingerprint density at radius 2 is 1.85 bits per heavy atom. The fourth-order valence-corrected chi connectivity index (χ4v) is 2.62. The molecule has 0 aliphatic heterocycles. The van der Waals surface area contributed by atoms with Crippen molar-refractivity contribution in [2.75, 3.05) is 11.5 Å². The molecule has 26 heavy (non-hydrogen) atoms. The van der Waals surface area contributed by atoms with Crippen LogP contribution in [0.25, 0.3) is 11.1 Å². The molecule has 0 amide bonds. The highest BCUT2D eigenvalue weighted by molar-refractivity contribution is 6.30. The molecule has 4 N–H and O–H groups in total. The van der Waals surface area contributed by atoms with E-state index in [1.807, 2.05) is 6.07 Å². The van der Waals surface area contributed by atoms with Gasteiger partial charge in [0.2, 0.25) is 5.95 Å². The van der Waals surface area contributed by atoms with E-state index in [1.54, 1.807) is 18.2 Å². The standard InChI is InChI=1S/C17H14ClN5O3/c18-11-3-1-2-10(8-11)15-14(21-17(20)22-16(15)19)9-26-13-6-4-12(5-7-13)23(24)25/h1-8H,9H2,(H4,19,20,21,22). The van der Waals surface area contributed by atoms with Gasteiger partial charge in [-0.1, -0.05) is 23.7 Å². The first kappa shape index (κ1) is 17.4. The van der Waals surface area contributed by atoms with Crippen LogP contribution in [0, 0.1) is 10.1 Å². The van der Waals surface area contributed by atoms with Crippen molar-refractivity contribution < 1.29 is 9.66 Å². The van der Waals surface area contributed by atoms with Gasteiger partial charge in [0.1, 0.15) is 18.2 Å². The maximum absolute atomic E-state index is 10.7. The summed E-state index contributed by atoms with van der Waals surface area (Å²) >= 11 is 6.05. The Morgan fingerprint density at radius 1 is 1.12 bits per heavy atom. The molecule has 0 aliphatic carbocycles. The Balaban J connectivity index is 1.90. The van der Waals surface area contributed by atoms with Crippen LogP contribution in [-0.2, 0) is 6.61 Å². The number of nitrogen functional groups attached to an aromatic ring is 2. The summed E-state index contributed by atoms with van der Waals surface area (Å²) in [5.74, 6) is 0.682. The minimum atomic E-state index is -0.479. The molecule has 132 valence electrons. The van der Waals surface area contributed by atoms with E-state index in [9.17, 15) is 10.1 Å². The van der Waals surface area contributed by atoms with Crippen LogP contribution >= 0.6 is 11.6 Å². The van der Waals surface area contributed by atoms with Gasteiger partial charge in [-0.25, -0.2) is 4.98 Å². The minimum absolute atomic E-state index is 0.0208. The zero-order valence-electron chi connectivity index (χ0n) is 13.4. The number of benzene rings is 2. The summed E-state index contributed by atoms with van der Waals surface area (Å²) in [5.41, 5.74) is 13.5. The van der Waals surface area contributed by atoms with Crippen molar-refractivity contribution in [1.29, 1.82) is 0 Å². The fraction of sp³-hybridized carbons (Fsp3) is 0.0588. The number of non-ortho nitro benzene ring substituents is 1. The third-order valence-corrected chi connectivity index (χ3v) is 3.80. The van der Waals surface area contributed by atoms with Crippen LogP contribution in [0.4, 0.5) is 17.5 Å². The van der Waals surface area contributed by atoms with E-state index in [-0.39, 0.29) is 24.1 Å². The summed E-state index contributed by atoms with van der Waals surface area (Å²) < 4.78 is 5.67. The topological polar surface area (TPSA) is 130 Å². The molecular weight excluding hydrogens is 358 g/mol. The third-order valence-electron chi connectivity index (χ3n) is 3.57. The van der Waals surface area contributed by atoms with Gasteiger partial charge in [-0.2, -0.15) is 4.98 Å². The second-order valence-corrected chi connectivity index (χ2v) is 5.78.